The highest BCUT2D eigenvalue weighted by molar-refractivity contribution is 6.24. The Balaban J connectivity index is 4.82. The highest BCUT2D eigenvalue weighted by atomic mass is 16.4. The molecule has 0 spiro atoms. The van der Waals surface area contributed by atoms with E-state index in [4.69, 9.17) is 5.11 Å². The molecule has 3 N–H and O–H groups in total. The van der Waals surface area contributed by atoms with Crippen LogP contribution in [0.25, 0.3) is 0 Å². The van der Waals surface area contributed by atoms with Gasteiger partial charge in [0.1, 0.15) is 17.6 Å². The van der Waals surface area contributed by atoms with Crippen molar-refractivity contribution in [3.8, 4) is 0 Å². The van der Waals surface area contributed by atoms with Gasteiger partial charge in [0.15, 0.2) is 17.3 Å². The van der Waals surface area contributed by atoms with Crippen LogP contribution in [-0.2, 0) is 14.4 Å². The third-order valence-electron chi connectivity index (χ3n) is 4.85. The Bertz CT molecular complexity index is 418. The molecular formula is C19H34O6. The van der Waals surface area contributed by atoms with E-state index in [1.165, 1.54) is 19.3 Å². The molecule has 6 nitrogen and oxygen atoms in total. The third kappa shape index (κ3) is 6.96. The lowest BCUT2D eigenvalue weighted by molar-refractivity contribution is -0.156. The minimum absolute atomic E-state index is 0.0284. The topological polar surface area (TPSA) is 112 Å². The van der Waals surface area contributed by atoms with Gasteiger partial charge in [-0.2, -0.15) is 0 Å². The molecule has 0 aliphatic heterocycles. The summed E-state index contributed by atoms with van der Waals surface area (Å²) in [5, 5.41) is 28.3. The highest BCUT2D eigenvalue weighted by Gasteiger charge is 2.50. The fourth-order valence-corrected chi connectivity index (χ4v) is 3.12. The summed E-state index contributed by atoms with van der Waals surface area (Å²) in [5.74, 6) is -2.27. The van der Waals surface area contributed by atoms with Gasteiger partial charge in [0, 0.05) is 0 Å². The maximum atomic E-state index is 12.5. The van der Waals surface area contributed by atoms with E-state index in [0.717, 1.165) is 39.5 Å². The zero-order chi connectivity index (χ0) is 19.5. The first-order valence-corrected chi connectivity index (χ1v) is 9.29. The van der Waals surface area contributed by atoms with Crippen molar-refractivity contribution in [3.05, 3.63) is 0 Å². The van der Waals surface area contributed by atoms with Crippen LogP contribution in [0.1, 0.15) is 78.6 Å². The Morgan fingerprint density at radius 2 is 1.28 bits per heavy atom. The van der Waals surface area contributed by atoms with E-state index in [9.17, 15) is 24.6 Å². The molecule has 0 aromatic carbocycles. The van der Waals surface area contributed by atoms with Crippen LogP contribution in [-0.4, -0.2) is 51.5 Å². The van der Waals surface area contributed by atoms with E-state index in [0.29, 0.717) is 6.42 Å². The van der Waals surface area contributed by atoms with Crippen molar-refractivity contribution in [2.45, 2.75) is 90.8 Å². The molecular weight excluding hydrogens is 324 g/mol. The molecule has 25 heavy (non-hydrogen) atoms. The molecule has 0 aromatic rings. The van der Waals surface area contributed by atoms with E-state index in [-0.39, 0.29) is 6.42 Å². The molecule has 6 heteroatoms. The van der Waals surface area contributed by atoms with Gasteiger partial charge < -0.3 is 15.3 Å². The van der Waals surface area contributed by atoms with Crippen molar-refractivity contribution >= 4 is 17.3 Å². The number of aliphatic hydroxyl groups is 3. The van der Waals surface area contributed by atoms with Gasteiger partial charge in [0.05, 0.1) is 6.61 Å². The number of Topliss-reactive ketones (excluding diaryl/α,β-unsaturated/α-hetero) is 3. The number of unbranched alkanes of at least 4 members (excludes halogenated alkanes) is 7. The molecule has 0 saturated heterocycles. The summed E-state index contributed by atoms with van der Waals surface area (Å²) in [6, 6.07) is 0. The summed E-state index contributed by atoms with van der Waals surface area (Å²) < 4.78 is 0. The second-order valence-electron chi connectivity index (χ2n) is 6.80. The molecule has 146 valence electrons. The molecule has 2 unspecified atom stereocenters. The molecule has 0 aromatic heterocycles. The lowest BCUT2D eigenvalue weighted by atomic mass is 9.70. The summed E-state index contributed by atoms with van der Waals surface area (Å²) in [6.07, 6.45) is 4.47. The van der Waals surface area contributed by atoms with Crippen LogP contribution in [0.4, 0.5) is 0 Å². The van der Waals surface area contributed by atoms with Gasteiger partial charge in [0.25, 0.3) is 0 Å². The predicted molar refractivity (Wildman–Crippen MR) is 95.1 cm³/mol. The predicted octanol–water partition coefficient (Wildman–Crippen LogP) is 1.96. The summed E-state index contributed by atoms with van der Waals surface area (Å²) >= 11 is 0. The normalized spacial score (nSPS) is 14.2. The number of ketones is 3. The van der Waals surface area contributed by atoms with Gasteiger partial charge in [-0.15, -0.1) is 0 Å². The van der Waals surface area contributed by atoms with E-state index in [1.54, 1.807) is 0 Å². The van der Waals surface area contributed by atoms with Crippen molar-refractivity contribution in [1.29, 1.82) is 0 Å². The first-order chi connectivity index (χ1) is 11.8. The van der Waals surface area contributed by atoms with Crippen molar-refractivity contribution in [2.75, 3.05) is 6.61 Å². The number of carbonyl (C=O) groups excluding carboxylic acids is 3. The molecule has 0 aliphatic rings. The Morgan fingerprint density at radius 1 is 0.840 bits per heavy atom. The van der Waals surface area contributed by atoms with E-state index < -0.39 is 41.6 Å². The molecule has 0 bridgehead atoms. The Morgan fingerprint density at radius 3 is 1.68 bits per heavy atom. The van der Waals surface area contributed by atoms with E-state index in [1.807, 2.05) is 0 Å². The Labute approximate surface area is 150 Å². The maximum Gasteiger partial charge on any atom is 0.184 e. The molecule has 0 fully saturated rings. The minimum Gasteiger partial charge on any atom is -0.394 e. The summed E-state index contributed by atoms with van der Waals surface area (Å²) in [6.45, 7) is 3.64. The minimum atomic E-state index is -1.95. The Hall–Kier alpha value is -1.11. The van der Waals surface area contributed by atoms with Crippen LogP contribution >= 0.6 is 0 Å². The van der Waals surface area contributed by atoms with Crippen molar-refractivity contribution in [3.63, 3.8) is 0 Å². The van der Waals surface area contributed by atoms with Crippen LogP contribution in [0.3, 0.4) is 0 Å². The zero-order valence-electron chi connectivity index (χ0n) is 15.8. The second kappa shape index (κ2) is 12.3. The highest BCUT2D eigenvalue weighted by Crippen LogP contribution is 2.31. The number of carbonyl (C=O) groups is 3. The lowest BCUT2D eigenvalue weighted by Gasteiger charge is -2.30. The summed E-state index contributed by atoms with van der Waals surface area (Å²) in [7, 11) is 0. The Kier molecular flexibility index (Phi) is 11.7. The third-order valence-corrected chi connectivity index (χ3v) is 4.85. The summed E-state index contributed by atoms with van der Waals surface area (Å²) in [5.41, 5.74) is -1.93. The first-order valence-electron chi connectivity index (χ1n) is 9.29. The average molecular weight is 358 g/mol. The van der Waals surface area contributed by atoms with Gasteiger partial charge in [-0.1, -0.05) is 58.3 Å². The average Bonchev–Trinajstić information content (AvgIpc) is 2.58. The van der Waals surface area contributed by atoms with Crippen molar-refractivity contribution in [1.82, 2.24) is 0 Å². The lowest BCUT2D eigenvalue weighted by Crippen LogP contribution is -2.52. The van der Waals surface area contributed by atoms with Crippen LogP contribution < -0.4 is 0 Å². The van der Waals surface area contributed by atoms with Crippen LogP contribution in [0.2, 0.25) is 0 Å². The van der Waals surface area contributed by atoms with Crippen LogP contribution in [0.5, 0.6) is 0 Å². The fraction of sp³-hybridized carbons (Fsp3) is 0.842. The van der Waals surface area contributed by atoms with Gasteiger partial charge in [0.2, 0.25) is 0 Å². The smallest absolute Gasteiger partial charge is 0.184 e. The fourth-order valence-electron chi connectivity index (χ4n) is 3.12. The zero-order valence-corrected chi connectivity index (χ0v) is 15.8. The number of rotatable bonds is 15. The summed E-state index contributed by atoms with van der Waals surface area (Å²) in [4.78, 5) is 36.7. The first kappa shape index (κ1) is 23.9. The quantitative estimate of drug-likeness (QED) is 0.305. The van der Waals surface area contributed by atoms with Crippen molar-refractivity contribution in [2.24, 2.45) is 5.41 Å². The standard InChI is InChI=1S/C19H34O6/c1-4-5-6-7-8-9-10-11-12-19(14(2)21,15(3)22)18(25)17(24)16(23)13-20/h16-17,20,23-24H,4-13H2,1-3H3. The number of hydrogen-bond donors (Lipinski definition) is 3. The van der Waals surface area contributed by atoms with Gasteiger partial charge >= 0.3 is 0 Å². The van der Waals surface area contributed by atoms with Gasteiger partial charge in [-0.25, -0.2) is 0 Å². The monoisotopic (exact) mass is 358 g/mol. The number of aliphatic hydroxyl groups excluding tert-OH is 3. The molecule has 0 saturated carbocycles. The largest absolute Gasteiger partial charge is 0.394 e. The van der Waals surface area contributed by atoms with Crippen LogP contribution in [0.15, 0.2) is 0 Å². The van der Waals surface area contributed by atoms with E-state index in [2.05, 4.69) is 6.92 Å². The number of hydrogen-bond acceptors (Lipinski definition) is 6. The second-order valence-corrected chi connectivity index (χ2v) is 6.80. The molecule has 0 aliphatic carbocycles. The molecule has 0 radical (unpaired) electrons. The van der Waals surface area contributed by atoms with E-state index >= 15 is 0 Å². The molecule has 2 atom stereocenters. The maximum absolute atomic E-state index is 12.5. The van der Waals surface area contributed by atoms with Gasteiger partial charge in [-0.3, -0.25) is 14.4 Å². The molecule has 0 amide bonds. The van der Waals surface area contributed by atoms with Crippen molar-refractivity contribution < 1.29 is 29.7 Å². The van der Waals surface area contributed by atoms with Gasteiger partial charge in [-0.05, 0) is 20.3 Å². The SMILES string of the molecule is CCCCCCCCCCC(C(C)=O)(C(C)=O)C(=O)C(O)C(O)CO. The molecule has 0 heterocycles. The van der Waals surface area contributed by atoms with Crippen LogP contribution in [0, 0.1) is 5.41 Å². The molecule has 0 rings (SSSR count).